The lowest BCUT2D eigenvalue weighted by atomic mass is 9.90. The predicted octanol–water partition coefficient (Wildman–Crippen LogP) is 2.51. The fourth-order valence-corrected chi connectivity index (χ4v) is 2.70. The minimum Gasteiger partial charge on any atom is -0.338 e. The van der Waals surface area contributed by atoms with Gasteiger partial charge in [0.15, 0.2) is 5.82 Å². The average molecular weight is 272 g/mol. The topological polar surface area (TPSA) is 63.8 Å². The molecule has 1 saturated heterocycles. The molecular formula is C15H20N4O. The van der Waals surface area contributed by atoms with Crippen LogP contribution in [0.25, 0.3) is 0 Å². The van der Waals surface area contributed by atoms with Crippen molar-refractivity contribution in [3.8, 4) is 0 Å². The van der Waals surface area contributed by atoms with Gasteiger partial charge in [0.25, 0.3) is 0 Å². The van der Waals surface area contributed by atoms with Gasteiger partial charge in [-0.2, -0.15) is 4.98 Å². The molecule has 1 aliphatic rings. The van der Waals surface area contributed by atoms with Gasteiger partial charge >= 0.3 is 0 Å². The van der Waals surface area contributed by atoms with E-state index in [0.29, 0.717) is 18.1 Å². The highest BCUT2D eigenvalue weighted by Crippen LogP contribution is 2.28. The van der Waals surface area contributed by atoms with Crippen LogP contribution in [0.1, 0.15) is 49.6 Å². The van der Waals surface area contributed by atoms with Gasteiger partial charge < -0.3 is 9.84 Å². The number of nitrogens with one attached hydrogen (secondary N) is 1. The molecule has 106 valence electrons. The van der Waals surface area contributed by atoms with E-state index in [1.54, 1.807) is 6.20 Å². The highest BCUT2D eigenvalue weighted by Gasteiger charge is 2.26. The Balaban J connectivity index is 1.67. The van der Waals surface area contributed by atoms with Gasteiger partial charge in [0.2, 0.25) is 5.89 Å². The summed E-state index contributed by atoms with van der Waals surface area (Å²) in [5.74, 6) is 2.18. The Bertz CT molecular complexity index is 540. The van der Waals surface area contributed by atoms with Gasteiger partial charge in [-0.25, -0.2) is 0 Å². The molecule has 1 N–H and O–H groups in total. The van der Waals surface area contributed by atoms with Crippen molar-refractivity contribution in [1.29, 1.82) is 0 Å². The van der Waals surface area contributed by atoms with Crippen LogP contribution in [-0.2, 0) is 6.42 Å². The van der Waals surface area contributed by atoms with Crippen molar-refractivity contribution in [3.05, 3.63) is 41.8 Å². The van der Waals surface area contributed by atoms with Crippen molar-refractivity contribution < 1.29 is 4.52 Å². The standard InChI is InChI=1S/C15H20N4O/c1-2-11-6-8-17-13(9-11)15-18-14(19-20-15)10-12-5-3-4-7-16-12/h3-5,7,11,13,17H,2,6,8-10H2,1H3. The molecule has 0 radical (unpaired) electrons. The normalized spacial score (nSPS) is 22.9. The van der Waals surface area contributed by atoms with Crippen molar-refractivity contribution in [3.63, 3.8) is 0 Å². The van der Waals surface area contributed by atoms with Gasteiger partial charge in [-0.3, -0.25) is 4.98 Å². The number of rotatable bonds is 4. The number of hydrogen-bond acceptors (Lipinski definition) is 5. The molecular weight excluding hydrogens is 252 g/mol. The van der Waals surface area contributed by atoms with Crippen molar-refractivity contribution in [1.82, 2.24) is 20.4 Å². The van der Waals surface area contributed by atoms with Crippen LogP contribution in [0.2, 0.25) is 0 Å². The van der Waals surface area contributed by atoms with Gasteiger partial charge in [0, 0.05) is 11.9 Å². The van der Waals surface area contributed by atoms with Crippen molar-refractivity contribution in [2.24, 2.45) is 5.92 Å². The molecule has 2 atom stereocenters. The van der Waals surface area contributed by atoms with E-state index in [0.717, 1.165) is 24.6 Å². The third-order valence-corrected chi connectivity index (χ3v) is 3.94. The first kappa shape index (κ1) is 13.2. The molecule has 5 heteroatoms. The van der Waals surface area contributed by atoms with E-state index in [4.69, 9.17) is 4.52 Å². The summed E-state index contributed by atoms with van der Waals surface area (Å²) in [6.45, 7) is 3.27. The molecule has 1 fully saturated rings. The maximum atomic E-state index is 5.42. The highest BCUT2D eigenvalue weighted by atomic mass is 16.5. The number of pyridine rings is 1. The van der Waals surface area contributed by atoms with E-state index >= 15 is 0 Å². The molecule has 0 bridgehead atoms. The molecule has 20 heavy (non-hydrogen) atoms. The van der Waals surface area contributed by atoms with Crippen LogP contribution >= 0.6 is 0 Å². The van der Waals surface area contributed by atoms with Gasteiger partial charge in [0.1, 0.15) is 0 Å². The van der Waals surface area contributed by atoms with E-state index in [1.807, 2.05) is 18.2 Å². The zero-order valence-electron chi connectivity index (χ0n) is 11.7. The first-order chi connectivity index (χ1) is 9.85. The summed E-state index contributed by atoms with van der Waals surface area (Å²) >= 11 is 0. The van der Waals surface area contributed by atoms with Gasteiger partial charge in [-0.1, -0.05) is 24.6 Å². The Morgan fingerprint density at radius 3 is 3.15 bits per heavy atom. The minimum absolute atomic E-state index is 0.207. The van der Waals surface area contributed by atoms with Crippen molar-refractivity contribution >= 4 is 0 Å². The van der Waals surface area contributed by atoms with Gasteiger partial charge in [0.05, 0.1) is 12.5 Å². The Morgan fingerprint density at radius 1 is 1.40 bits per heavy atom. The molecule has 0 spiro atoms. The molecule has 2 aromatic rings. The maximum absolute atomic E-state index is 5.42. The Morgan fingerprint density at radius 2 is 2.35 bits per heavy atom. The predicted molar refractivity (Wildman–Crippen MR) is 75.1 cm³/mol. The van der Waals surface area contributed by atoms with E-state index in [2.05, 4.69) is 27.4 Å². The largest absolute Gasteiger partial charge is 0.338 e. The smallest absolute Gasteiger partial charge is 0.243 e. The lowest BCUT2D eigenvalue weighted by Gasteiger charge is -2.27. The van der Waals surface area contributed by atoms with Crippen LogP contribution < -0.4 is 5.32 Å². The first-order valence-electron chi connectivity index (χ1n) is 7.31. The van der Waals surface area contributed by atoms with Crippen molar-refractivity contribution in [2.45, 2.75) is 38.6 Å². The molecule has 2 unspecified atom stereocenters. The number of piperidine rings is 1. The quantitative estimate of drug-likeness (QED) is 0.926. The summed E-state index contributed by atoms with van der Waals surface area (Å²) in [5, 5.41) is 7.54. The van der Waals surface area contributed by atoms with E-state index in [9.17, 15) is 0 Å². The summed E-state index contributed by atoms with van der Waals surface area (Å²) in [6, 6.07) is 6.06. The van der Waals surface area contributed by atoms with Gasteiger partial charge in [-0.05, 0) is 37.4 Å². The van der Waals surface area contributed by atoms with Crippen LogP contribution in [-0.4, -0.2) is 21.7 Å². The summed E-state index contributed by atoms with van der Waals surface area (Å²) < 4.78 is 5.42. The molecule has 0 aliphatic carbocycles. The summed E-state index contributed by atoms with van der Waals surface area (Å²) in [5.41, 5.74) is 0.961. The molecule has 2 aromatic heterocycles. The molecule has 0 saturated carbocycles. The lowest BCUT2D eigenvalue weighted by Crippen LogP contribution is -2.31. The minimum atomic E-state index is 0.207. The average Bonchev–Trinajstić information content (AvgIpc) is 2.97. The third-order valence-electron chi connectivity index (χ3n) is 3.94. The summed E-state index contributed by atoms with van der Waals surface area (Å²) in [4.78, 5) is 8.80. The Kier molecular flexibility index (Phi) is 4.06. The van der Waals surface area contributed by atoms with E-state index in [1.165, 1.54) is 12.8 Å². The van der Waals surface area contributed by atoms with Crippen LogP contribution in [0.15, 0.2) is 28.9 Å². The fourth-order valence-electron chi connectivity index (χ4n) is 2.70. The van der Waals surface area contributed by atoms with Gasteiger partial charge in [-0.15, -0.1) is 0 Å². The summed E-state index contributed by atoms with van der Waals surface area (Å²) in [6.07, 6.45) is 5.94. The van der Waals surface area contributed by atoms with E-state index < -0.39 is 0 Å². The zero-order valence-corrected chi connectivity index (χ0v) is 11.7. The molecule has 5 nitrogen and oxygen atoms in total. The maximum Gasteiger partial charge on any atom is 0.243 e. The highest BCUT2D eigenvalue weighted by molar-refractivity contribution is 5.09. The SMILES string of the molecule is CCC1CCNC(c2nc(Cc3ccccn3)no2)C1. The number of nitrogens with zero attached hydrogens (tertiary/aromatic N) is 3. The monoisotopic (exact) mass is 272 g/mol. The van der Waals surface area contributed by atoms with Crippen LogP contribution in [0.5, 0.6) is 0 Å². The second kappa shape index (κ2) is 6.13. The third kappa shape index (κ3) is 3.04. The Hall–Kier alpha value is -1.75. The number of aromatic nitrogens is 3. The van der Waals surface area contributed by atoms with Crippen LogP contribution in [0.3, 0.4) is 0 Å². The van der Waals surface area contributed by atoms with Crippen LogP contribution in [0.4, 0.5) is 0 Å². The molecule has 1 aliphatic heterocycles. The second-order valence-electron chi connectivity index (χ2n) is 5.35. The molecule has 3 heterocycles. The second-order valence-corrected chi connectivity index (χ2v) is 5.35. The Labute approximate surface area is 118 Å². The zero-order chi connectivity index (χ0) is 13.8. The lowest BCUT2D eigenvalue weighted by molar-refractivity contribution is 0.245. The number of hydrogen-bond donors (Lipinski definition) is 1. The van der Waals surface area contributed by atoms with E-state index in [-0.39, 0.29) is 6.04 Å². The summed E-state index contributed by atoms with van der Waals surface area (Å²) in [7, 11) is 0. The molecule has 0 aromatic carbocycles. The fraction of sp³-hybridized carbons (Fsp3) is 0.533. The first-order valence-corrected chi connectivity index (χ1v) is 7.31. The van der Waals surface area contributed by atoms with Crippen LogP contribution in [0, 0.1) is 5.92 Å². The molecule has 0 amide bonds. The molecule has 3 rings (SSSR count). The van der Waals surface area contributed by atoms with Crippen molar-refractivity contribution in [2.75, 3.05) is 6.54 Å².